The van der Waals surface area contributed by atoms with Gasteiger partial charge in [-0.2, -0.15) is 0 Å². The lowest BCUT2D eigenvalue weighted by atomic mass is 9.96. The van der Waals surface area contributed by atoms with E-state index < -0.39 is 0 Å². The minimum Gasteiger partial charge on any atom is -0.352 e. The van der Waals surface area contributed by atoms with Gasteiger partial charge in [0.1, 0.15) is 0 Å². The highest BCUT2D eigenvalue weighted by Crippen LogP contribution is 2.41. The first-order valence-electron chi connectivity index (χ1n) is 10.3. The summed E-state index contributed by atoms with van der Waals surface area (Å²) in [6.07, 6.45) is 1.85. The molecule has 1 aliphatic rings. The van der Waals surface area contributed by atoms with Crippen LogP contribution in [0.25, 0.3) is 5.69 Å². The molecule has 1 fully saturated rings. The Balaban J connectivity index is 1.83. The van der Waals surface area contributed by atoms with E-state index in [9.17, 15) is 0 Å². The van der Waals surface area contributed by atoms with Gasteiger partial charge in [-0.05, 0) is 80.0 Å². The van der Waals surface area contributed by atoms with Crippen molar-refractivity contribution in [1.29, 1.82) is 0 Å². The molecule has 2 atom stereocenters. The Hall–Kier alpha value is -2.37. The first-order valence-corrected chi connectivity index (χ1v) is 11.1. The maximum Gasteiger partial charge on any atom is 0.170 e. The van der Waals surface area contributed by atoms with Crippen molar-refractivity contribution in [1.82, 2.24) is 19.8 Å². The zero-order valence-electron chi connectivity index (χ0n) is 17.8. The standard InChI is InChI=1S/C24H27ClN4S/c1-15(2)14-28-23(22(27-24(28)30)21-7-5-6-12-26-21)20-13-16(3)29(17(20)4)19-10-8-18(25)9-11-19/h5-13,15,22-23H,14H2,1-4H3,(H,27,30)/t22-,23+/m1/s1. The molecule has 30 heavy (non-hydrogen) atoms. The third kappa shape index (κ3) is 3.84. The number of benzene rings is 1. The van der Waals surface area contributed by atoms with Crippen LogP contribution >= 0.6 is 23.8 Å². The molecule has 1 saturated heterocycles. The van der Waals surface area contributed by atoms with Crippen LogP contribution in [0.2, 0.25) is 5.02 Å². The SMILES string of the molecule is Cc1cc([C@H]2[C@@H](c3ccccn3)NC(=S)N2CC(C)C)c(C)n1-c1ccc(Cl)cc1. The Kier molecular flexibility index (Phi) is 5.85. The topological polar surface area (TPSA) is 33.1 Å². The molecule has 0 spiro atoms. The third-order valence-electron chi connectivity index (χ3n) is 5.63. The molecule has 0 radical (unpaired) electrons. The first-order chi connectivity index (χ1) is 14.4. The molecule has 1 aliphatic heterocycles. The van der Waals surface area contributed by atoms with Gasteiger partial charge in [-0.3, -0.25) is 4.98 Å². The number of pyridine rings is 1. The van der Waals surface area contributed by atoms with E-state index in [1.165, 1.54) is 17.0 Å². The third-order valence-corrected chi connectivity index (χ3v) is 6.24. The van der Waals surface area contributed by atoms with Gasteiger partial charge >= 0.3 is 0 Å². The second kappa shape index (κ2) is 8.40. The van der Waals surface area contributed by atoms with Crippen molar-refractivity contribution >= 4 is 28.9 Å². The molecule has 4 nitrogen and oxygen atoms in total. The summed E-state index contributed by atoms with van der Waals surface area (Å²) in [6.45, 7) is 9.68. The van der Waals surface area contributed by atoms with Crippen LogP contribution in [-0.2, 0) is 0 Å². The molecule has 0 aliphatic carbocycles. The fourth-order valence-corrected chi connectivity index (χ4v) is 4.85. The van der Waals surface area contributed by atoms with E-state index in [-0.39, 0.29) is 12.1 Å². The van der Waals surface area contributed by atoms with Crippen molar-refractivity contribution in [3.8, 4) is 5.69 Å². The summed E-state index contributed by atoms with van der Waals surface area (Å²) in [5.41, 5.74) is 5.78. The van der Waals surface area contributed by atoms with Crippen LogP contribution in [0.5, 0.6) is 0 Å². The summed E-state index contributed by atoms with van der Waals surface area (Å²) in [5, 5.41) is 5.08. The molecule has 1 N–H and O–H groups in total. The van der Waals surface area contributed by atoms with Gasteiger partial charge in [0.25, 0.3) is 0 Å². The normalized spacial score (nSPS) is 18.9. The summed E-state index contributed by atoms with van der Waals surface area (Å²) in [7, 11) is 0. The van der Waals surface area contributed by atoms with Gasteiger partial charge in [-0.25, -0.2) is 0 Å². The Labute approximate surface area is 188 Å². The van der Waals surface area contributed by atoms with E-state index in [0.29, 0.717) is 5.92 Å². The minimum absolute atomic E-state index is 0.0108. The van der Waals surface area contributed by atoms with Crippen LogP contribution in [-0.4, -0.2) is 26.1 Å². The van der Waals surface area contributed by atoms with Crippen LogP contribution in [0.4, 0.5) is 0 Å². The molecular weight excluding hydrogens is 412 g/mol. The van der Waals surface area contributed by atoms with E-state index in [2.05, 4.69) is 71.7 Å². The van der Waals surface area contributed by atoms with Crippen LogP contribution in [0, 0.1) is 19.8 Å². The van der Waals surface area contributed by atoms with Crippen LogP contribution < -0.4 is 5.32 Å². The molecule has 1 aromatic carbocycles. The molecule has 0 saturated carbocycles. The number of aromatic nitrogens is 2. The van der Waals surface area contributed by atoms with Crippen molar-refractivity contribution in [2.24, 2.45) is 5.92 Å². The van der Waals surface area contributed by atoms with E-state index >= 15 is 0 Å². The summed E-state index contributed by atoms with van der Waals surface area (Å²) in [6, 6.07) is 16.4. The van der Waals surface area contributed by atoms with Crippen molar-refractivity contribution in [3.05, 3.63) is 82.4 Å². The highest BCUT2D eigenvalue weighted by atomic mass is 35.5. The molecule has 3 aromatic rings. The Bertz CT molecular complexity index is 1040. The lowest BCUT2D eigenvalue weighted by Gasteiger charge is -2.29. The number of aryl methyl sites for hydroxylation is 1. The maximum atomic E-state index is 6.11. The van der Waals surface area contributed by atoms with Crippen LogP contribution in [0.1, 0.15) is 48.6 Å². The number of hydrogen-bond acceptors (Lipinski definition) is 2. The highest BCUT2D eigenvalue weighted by Gasteiger charge is 2.41. The zero-order valence-corrected chi connectivity index (χ0v) is 19.3. The van der Waals surface area contributed by atoms with Gasteiger partial charge < -0.3 is 14.8 Å². The van der Waals surface area contributed by atoms with Gasteiger partial charge in [-0.1, -0.05) is 31.5 Å². The number of hydrogen-bond donors (Lipinski definition) is 1. The predicted molar refractivity (Wildman–Crippen MR) is 127 cm³/mol. The molecule has 6 heteroatoms. The van der Waals surface area contributed by atoms with Crippen molar-refractivity contribution in [2.45, 2.75) is 39.8 Å². The van der Waals surface area contributed by atoms with Gasteiger partial charge in [0.2, 0.25) is 0 Å². The van der Waals surface area contributed by atoms with E-state index in [0.717, 1.165) is 28.1 Å². The summed E-state index contributed by atoms with van der Waals surface area (Å²) in [4.78, 5) is 6.97. The minimum atomic E-state index is 0.0108. The monoisotopic (exact) mass is 438 g/mol. The quantitative estimate of drug-likeness (QED) is 0.512. The molecule has 3 heterocycles. The van der Waals surface area contributed by atoms with Gasteiger partial charge in [0.05, 0.1) is 17.8 Å². The number of thiocarbonyl (C=S) groups is 1. The summed E-state index contributed by atoms with van der Waals surface area (Å²) < 4.78 is 2.29. The molecule has 156 valence electrons. The first kappa shape index (κ1) is 20.9. The van der Waals surface area contributed by atoms with E-state index in [1.54, 1.807) is 0 Å². The Morgan fingerprint density at radius 1 is 1.13 bits per heavy atom. The Morgan fingerprint density at radius 3 is 2.50 bits per heavy atom. The van der Waals surface area contributed by atoms with E-state index in [1.807, 2.05) is 30.5 Å². The van der Waals surface area contributed by atoms with Crippen molar-refractivity contribution in [3.63, 3.8) is 0 Å². The van der Waals surface area contributed by atoms with Crippen molar-refractivity contribution in [2.75, 3.05) is 6.54 Å². The average molecular weight is 439 g/mol. The predicted octanol–water partition coefficient (Wildman–Crippen LogP) is 5.77. The average Bonchev–Trinajstić information content (AvgIpc) is 3.19. The largest absolute Gasteiger partial charge is 0.352 e. The smallest absolute Gasteiger partial charge is 0.170 e. The second-order valence-corrected chi connectivity index (χ2v) is 9.13. The van der Waals surface area contributed by atoms with Crippen molar-refractivity contribution < 1.29 is 0 Å². The number of nitrogens with one attached hydrogen (secondary N) is 1. The van der Waals surface area contributed by atoms with Gasteiger partial charge in [0.15, 0.2) is 5.11 Å². The fourth-order valence-electron chi connectivity index (χ4n) is 4.41. The molecule has 0 unspecified atom stereocenters. The van der Waals surface area contributed by atoms with Gasteiger partial charge in [-0.15, -0.1) is 0 Å². The van der Waals surface area contributed by atoms with Gasteiger partial charge in [0, 0.05) is 34.8 Å². The maximum absolute atomic E-state index is 6.11. The van der Waals surface area contributed by atoms with Crippen LogP contribution in [0.15, 0.2) is 54.7 Å². The fraction of sp³-hybridized carbons (Fsp3) is 0.333. The molecule has 4 rings (SSSR count). The lowest BCUT2D eigenvalue weighted by molar-refractivity contribution is 0.287. The molecule has 2 aromatic heterocycles. The molecule has 0 bridgehead atoms. The molecular formula is C24H27ClN4S. The summed E-state index contributed by atoms with van der Waals surface area (Å²) >= 11 is 11.9. The summed E-state index contributed by atoms with van der Waals surface area (Å²) in [5.74, 6) is 0.495. The molecule has 0 amide bonds. The van der Waals surface area contributed by atoms with E-state index in [4.69, 9.17) is 23.8 Å². The lowest BCUT2D eigenvalue weighted by Crippen LogP contribution is -2.33. The highest BCUT2D eigenvalue weighted by molar-refractivity contribution is 7.80. The number of halogens is 1. The van der Waals surface area contributed by atoms with Crippen LogP contribution in [0.3, 0.4) is 0 Å². The number of rotatable bonds is 5. The Morgan fingerprint density at radius 2 is 1.87 bits per heavy atom. The second-order valence-electron chi connectivity index (χ2n) is 8.31. The number of nitrogens with zero attached hydrogens (tertiary/aromatic N) is 3. The zero-order chi connectivity index (χ0) is 21.4.